The normalized spacial score (nSPS) is 8.83. The lowest BCUT2D eigenvalue weighted by Crippen LogP contribution is -2.33. The van der Waals surface area contributed by atoms with Crippen molar-refractivity contribution in [2.24, 2.45) is 0 Å². The lowest BCUT2D eigenvalue weighted by atomic mass is 10.1. The summed E-state index contributed by atoms with van der Waals surface area (Å²) < 4.78 is 0. The van der Waals surface area contributed by atoms with Crippen LogP contribution in [0, 0.1) is 45.3 Å². The lowest BCUT2D eigenvalue weighted by Gasteiger charge is -2.18. The Morgan fingerprint density at radius 3 is 1.38 bits per heavy atom. The maximum atomic E-state index is 12.3. The molecule has 0 radical (unpaired) electrons. The van der Waals surface area contributed by atoms with Crippen LogP contribution in [0.1, 0.15) is 20.7 Å². The number of nitrogens with zero attached hydrogens (tertiary/aromatic N) is 6. The Hall–Kier alpha value is -3.88. The van der Waals surface area contributed by atoms with Gasteiger partial charge in [0.2, 0.25) is 0 Å². The van der Waals surface area contributed by atoms with Crippen molar-refractivity contribution in [2.75, 3.05) is 26.2 Å². The molecule has 0 N–H and O–H groups in total. The van der Waals surface area contributed by atoms with Crippen LogP contribution in [0.3, 0.4) is 0 Å². The van der Waals surface area contributed by atoms with E-state index in [-0.39, 0.29) is 37.3 Å². The minimum atomic E-state index is -0.556. The van der Waals surface area contributed by atoms with Crippen molar-refractivity contribution >= 4 is 11.8 Å². The molecule has 0 heterocycles. The molecule has 0 atom stereocenters. The molecule has 0 fully saturated rings. The summed E-state index contributed by atoms with van der Waals surface area (Å²) in [5, 5.41) is 34.9. The molecule has 0 saturated heterocycles. The minimum Gasteiger partial charge on any atom is -0.312 e. The van der Waals surface area contributed by atoms with Crippen LogP contribution in [0.5, 0.6) is 0 Å². The maximum Gasteiger partial charge on any atom is 0.255 e. The van der Waals surface area contributed by atoms with E-state index in [1.807, 2.05) is 0 Å². The van der Waals surface area contributed by atoms with Crippen LogP contribution in [0.15, 0.2) is 24.3 Å². The van der Waals surface area contributed by atoms with Gasteiger partial charge in [-0.15, -0.1) is 0 Å². The second kappa shape index (κ2) is 9.20. The molecule has 0 aliphatic carbocycles. The predicted octanol–water partition coefficient (Wildman–Crippen LogP) is 0.665. The van der Waals surface area contributed by atoms with Crippen LogP contribution in [0.4, 0.5) is 0 Å². The fraction of sp³-hybridized carbons (Fsp3) is 0.250. The molecule has 0 aliphatic rings. The van der Waals surface area contributed by atoms with E-state index < -0.39 is 11.8 Å². The van der Waals surface area contributed by atoms with Crippen LogP contribution in [0.25, 0.3) is 0 Å². The zero-order valence-electron chi connectivity index (χ0n) is 12.6. The number of hydrogen-bond donors (Lipinski definition) is 0. The van der Waals surface area contributed by atoms with Gasteiger partial charge in [-0.05, 0) is 18.2 Å². The summed E-state index contributed by atoms with van der Waals surface area (Å²) in [5.41, 5.74) is 0.278. The molecule has 0 aromatic heterocycles. The van der Waals surface area contributed by atoms with E-state index in [1.54, 1.807) is 24.3 Å². The third kappa shape index (κ3) is 4.56. The average molecular weight is 320 g/mol. The molecule has 1 rings (SSSR count). The highest BCUT2D eigenvalue weighted by Gasteiger charge is 2.19. The third-order valence-corrected chi connectivity index (χ3v) is 2.98. The zero-order chi connectivity index (χ0) is 17.9. The quantitative estimate of drug-likeness (QED) is 0.706. The van der Waals surface area contributed by atoms with Crippen LogP contribution >= 0.6 is 0 Å². The SMILES string of the molecule is N#CCN(CC#N)C(=O)c1cccc(C(=O)N(CC#N)CC#N)c1. The summed E-state index contributed by atoms with van der Waals surface area (Å²) in [7, 11) is 0. The number of amides is 2. The van der Waals surface area contributed by atoms with E-state index in [2.05, 4.69) is 0 Å². The van der Waals surface area contributed by atoms with E-state index in [0.29, 0.717) is 0 Å². The Morgan fingerprint density at radius 2 is 1.08 bits per heavy atom. The van der Waals surface area contributed by atoms with Crippen molar-refractivity contribution in [1.82, 2.24) is 9.80 Å². The van der Waals surface area contributed by atoms with Crippen molar-refractivity contribution in [3.05, 3.63) is 35.4 Å². The second-order valence-corrected chi connectivity index (χ2v) is 4.54. The Morgan fingerprint density at radius 1 is 0.750 bits per heavy atom. The molecule has 8 heteroatoms. The molecular weight excluding hydrogens is 308 g/mol. The van der Waals surface area contributed by atoms with Gasteiger partial charge in [0, 0.05) is 11.1 Å². The molecule has 2 amide bonds. The van der Waals surface area contributed by atoms with Gasteiger partial charge in [0.05, 0.1) is 24.3 Å². The summed E-state index contributed by atoms with van der Waals surface area (Å²) in [6.07, 6.45) is 0. The van der Waals surface area contributed by atoms with Crippen LogP contribution in [0.2, 0.25) is 0 Å². The number of nitriles is 4. The second-order valence-electron chi connectivity index (χ2n) is 4.54. The monoisotopic (exact) mass is 320 g/mol. The Balaban J connectivity index is 3.10. The average Bonchev–Trinajstić information content (AvgIpc) is 2.60. The summed E-state index contributed by atoms with van der Waals surface area (Å²) in [6.45, 7) is -1.00. The number of carbonyl (C=O) groups is 2. The summed E-state index contributed by atoms with van der Waals surface area (Å²) in [4.78, 5) is 26.7. The first kappa shape index (κ1) is 18.2. The molecule has 0 saturated carbocycles. The van der Waals surface area contributed by atoms with Crippen LogP contribution < -0.4 is 0 Å². The summed E-state index contributed by atoms with van der Waals surface area (Å²) in [5.74, 6) is -1.11. The number of hydrogen-bond acceptors (Lipinski definition) is 6. The van der Waals surface area contributed by atoms with E-state index in [1.165, 1.54) is 24.3 Å². The fourth-order valence-electron chi connectivity index (χ4n) is 1.89. The Bertz CT molecular complexity index is 695. The number of rotatable bonds is 6. The number of carbonyl (C=O) groups excluding carboxylic acids is 2. The molecule has 0 unspecified atom stereocenters. The Kier molecular flexibility index (Phi) is 6.97. The highest BCUT2D eigenvalue weighted by Crippen LogP contribution is 2.11. The van der Waals surface area contributed by atoms with Crippen LogP contribution in [-0.4, -0.2) is 47.8 Å². The largest absolute Gasteiger partial charge is 0.312 e. The van der Waals surface area contributed by atoms with E-state index in [9.17, 15) is 9.59 Å². The van der Waals surface area contributed by atoms with E-state index >= 15 is 0 Å². The van der Waals surface area contributed by atoms with Crippen molar-refractivity contribution in [2.45, 2.75) is 0 Å². The van der Waals surface area contributed by atoms with Gasteiger partial charge in [0.15, 0.2) is 0 Å². The molecule has 1 aromatic rings. The maximum absolute atomic E-state index is 12.3. The van der Waals surface area contributed by atoms with Gasteiger partial charge in [-0.1, -0.05) is 6.07 Å². The molecular formula is C16H12N6O2. The van der Waals surface area contributed by atoms with Gasteiger partial charge >= 0.3 is 0 Å². The first-order chi connectivity index (χ1) is 11.6. The van der Waals surface area contributed by atoms with E-state index in [4.69, 9.17) is 21.0 Å². The molecule has 1 aromatic carbocycles. The van der Waals surface area contributed by atoms with Gasteiger partial charge in [0.25, 0.3) is 11.8 Å². The molecule has 24 heavy (non-hydrogen) atoms. The van der Waals surface area contributed by atoms with Gasteiger partial charge < -0.3 is 9.80 Å². The highest BCUT2D eigenvalue weighted by atomic mass is 16.2. The standard InChI is InChI=1S/C16H12N6O2/c17-4-8-21(9-5-18)15(23)13-2-1-3-14(12-13)16(24)22(10-6-19)11-7-20/h1-3,12H,8-11H2. The highest BCUT2D eigenvalue weighted by molar-refractivity contribution is 6.00. The first-order valence-corrected chi connectivity index (χ1v) is 6.75. The molecule has 8 nitrogen and oxygen atoms in total. The van der Waals surface area contributed by atoms with Gasteiger partial charge in [-0.2, -0.15) is 21.0 Å². The summed E-state index contributed by atoms with van der Waals surface area (Å²) in [6, 6.07) is 12.9. The topological polar surface area (TPSA) is 136 Å². The third-order valence-electron chi connectivity index (χ3n) is 2.98. The fourth-order valence-corrected chi connectivity index (χ4v) is 1.89. The summed E-state index contributed by atoms with van der Waals surface area (Å²) >= 11 is 0. The molecule has 0 bridgehead atoms. The number of benzene rings is 1. The van der Waals surface area contributed by atoms with Gasteiger partial charge in [0.1, 0.15) is 26.2 Å². The van der Waals surface area contributed by atoms with Crippen LogP contribution in [-0.2, 0) is 0 Å². The molecule has 118 valence electrons. The molecule has 0 aliphatic heterocycles. The first-order valence-electron chi connectivity index (χ1n) is 6.75. The van der Waals surface area contributed by atoms with Crippen molar-refractivity contribution in [3.63, 3.8) is 0 Å². The zero-order valence-corrected chi connectivity index (χ0v) is 12.6. The van der Waals surface area contributed by atoms with Crippen molar-refractivity contribution in [1.29, 1.82) is 21.0 Å². The predicted molar refractivity (Wildman–Crippen MR) is 80.7 cm³/mol. The smallest absolute Gasteiger partial charge is 0.255 e. The minimum absolute atomic E-state index is 0.139. The van der Waals surface area contributed by atoms with Crippen molar-refractivity contribution in [3.8, 4) is 24.3 Å². The molecule has 0 spiro atoms. The van der Waals surface area contributed by atoms with Crippen molar-refractivity contribution < 1.29 is 9.59 Å². The Labute approximate surface area is 138 Å². The van der Waals surface area contributed by atoms with Gasteiger partial charge in [-0.25, -0.2) is 0 Å². The van der Waals surface area contributed by atoms with E-state index in [0.717, 1.165) is 9.80 Å². The van der Waals surface area contributed by atoms with Gasteiger partial charge in [-0.3, -0.25) is 9.59 Å². The lowest BCUT2D eigenvalue weighted by molar-refractivity contribution is 0.0793.